The lowest BCUT2D eigenvalue weighted by Gasteiger charge is -2.19. The molecule has 122 valence electrons. The molecule has 0 amide bonds. The Bertz CT molecular complexity index is 716. The molecule has 0 saturated carbocycles. The topological polar surface area (TPSA) is 25.6 Å². The first-order valence-electron chi connectivity index (χ1n) is 8.83. The highest BCUT2D eigenvalue weighted by atomic mass is 16.5. The maximum Gasteiger partial charge on any atom is 0.134 e. The number of furan rings is 1. The summed E-state index contributed by atoms with van der Waals surface area (Å²) in [7, 11) is 0. The van der Waals surface area contributed by atoms with Crippen molar-refractivity contribution in [3.8, 4) is 0 Å². The third kappa shape index (κ3) is 3.22. The van der Waals surface area contributed by atoms with Gasteiger partial charge < -0.3 is 14.1 Å². The van der Waals surface area contributed by atoms with Gasteiger partial charge in [-0.25, -0.2) is 0 Å². The van der Waals surface area contributed by atoms with Crippen molar-refractivity contribution in [1.82, 2.24) is 4.90 Å². The van der Waals surface area contributed by atoms with E-state index in [2.05, 4.69) is 42.2 Å². The van der Waals surface area contributed by atoms with Crippen molar-refractivity contribution in [3.05, 3.63) is 41.7 Å². The molecule has 1 fully saturated rings. The summed E-state index contributed by atoms with van der Waals surface area (Å²) in [5, 5.41) is 1.21. The van der Waals surface area contributed by atoms with Gasteiger partial charge in [-0.05, 0) is 62.1 Å². The summed E-state index contributed by atoms with van der Waals surface area (Å²) in [5.74, 6) is 1.10. The summed E-state index contributed by atoms with van der Waals surface area (Å²) in [6, 6.07) is 9.43. The van der Waals surface area contributed by atoms with E-state index in [0.29, 0.717) is 0 Å². The molecule has 1 aromatic carbocycles. The highest BCUT2D eigenvalue weighted by molar-refractivity contribution is 5.83. The van der Waals surface area contributed by atoms with E-state index in [1.54, 1.807) is 0 Å². The average Bonchev–Trinajstić information content (AvgIpc) is 3.18. The molecule has 0 unspecified atom stereocenters. The van der Waals surface area contributed by atoms with Crippen LogP contribution in [0.2, 0.25) is 0 Å². The normalized spacial score (nSPS) is 22.7. The SMILES string of the molecule is C[C@@H]1CCCN1CCc1cc2cc(C3=CCCOC3)ccc2o1. The quantitative estimate of drug-likeness (QED) is 0.843. The van der Waals surface area contributed by atoms with E-state index in [1.165, 1.54) is 35.9 Å². The van der Waals surface area contributed by atoms with Gasteiger partial charge in [0.15, 0.2) is 0 Å². The van der Waals surface area contributed by atoms with E-state index in [9.17, 15) is 0 Å². The van der Waals surface area contributed by atoms with Crippen molar-refractivity contribution in [2.24, 2.45) is 0 Å². The number of ether oxygens (including phenoxy) is 1. The monoisotopic (exact) mass is 311 g/mol. The number of hydrogen-bond donors (Lipinski definition) is 0. The fraction of sp³-hybridized carbons (Fsp3) is 0.500. The number of hydrogen-bond acceptors (Lipinski definition) is 3. The van der Waals surface area contributed by atoms with Crippen LogP contribution >= 0.6 is 0 Å². The minimum atomic E-state index is 0.725. The van der Waals surface area contributed by atoms with Gasteiger partial charge in [0.05, 0.1) is 13.2 Å². The van der Waals surface area contributed by atoms with E-state index in [-0.39, 0.29) is 0 Å². The smallest absolute Gasteiger partial charge is 0.134 e. The molecule has 1 aromatic heterocycles. The van der Waals surface area contributed by atoms with Crippen molar-refractivity contribution < 1.29 is 9.15 Å². The van der Waals surface area contributed by atoms with Crippen molar-refractivity contribution in [3.63, 3.8) is 0 Å². The van der Waals surface area contributed by atoms with Crippen LogP contribution in [0.3, 0.4) is 0 Å². The molecule has 2 aliphatic rings. The van der Waals surface area contributed by atoms with Crippen LogP contribution in [0.15, 0.2) is 34.8 Å². The number of benzene rings is 1. The molecule has 0 radical (unpaired) electrons. The van der Waals surface area contributed by atoms with Gasteiger partial charge in [0.25, 0.3) is 0 Å². The number of rotatable bonds is 4. The maximum atomic E-state index is 6.03. The van der Waals surface area contributed by atoms with Gasteiger partial charge in [0, 0.05) is 24.4 Å². The van der Waals surface area contributed by atoms with Crippen LogP contribution in [0.4, 0.5) is 0 Å². The van der Waals surface area contributed by atoms with Crippen LogP contribution in [-0.2, 0) is 11.2 Å². The molecule has 0 spiro atoms. The lowest BCUT2D eigenvalue weighted by Crippen LogP contribution is -2.28. The Morgan fingerprint density at radius 1 is 1.26 bits per heavy atom. The van der Waals surface area contributed by atoms with Crippen LogP contribution in [-0.4, -0.2) is 37.2 Å². The number of nitrogens with zero attached hydrogens (tertiary/aromatic N) is 1. The van der Waals surface area contributed by atoms with Crippen LogP contribution in [0, 0.1) is 0 Å². The Kier molecular flexibility index (Phi) is 4.23. The molecule has 3 nitrogen and oxygen atoms in total. The molecule has 3 heterocycles. The molecule has 4 rings (SSSR count). The average molecular weight is 311 g/mol. The summed E-state index contributed by atoms with van der Waals surface area (Å²) < 4.78 is 11.6. The predicted molar refractivity (Wildman–Crippen MR) is 93.6 cm³/mol. The van der Waals surface area contributed by atoms with Gasteiger partial charge in [-0.1, -0.05) is 12.1 Å². The zero-order valence-corrected chi connectivity index (χ0v) is 13.9. The summed E-state index contributed by atoms with van der Waals surface area (Å²) in [4.78, 5) is 2.57. The highest BCUT2D eigenvalue weighted by Crippen LogP contribution is 2.26. The molecule has 2 aliphatic heterocycles. The van der Waals surface area contributed by atoms with Crippen LogP contribution < -0.4 is 0 Å². The molecule has 0 aliphatic carbocycles. The second-order valence-electron chi connectivity index (χ2n) is 6.81. The van der Waals surface area contributed by atoms with Crippen molar-refractivity contribution >= 4 is 16.5 Å². The third-order valence-electron chi connectivity index (χ3n) is 5.18. The van der Waals surface area contributed by atoms with E-state index < -0.39 is 0 Å². The van der Waals surface area contributed by atoms with Crippen LogP contribution in [0.1, 0.15) is 37.5 Å². The summed E-state index contributed by atoms with van der Waals surface area (Å²) in [5.41, 5.74) is 3.56. The largest absolute Gasteiger partial charge is 0.461 e. The van der Waals surface area contributed by atoms with Crippen molar-refractivity contribution in [2.75, 3.05) is 26.3 Å². The Hall–Kier alpha value is -1.58. The Morgan fingerprint density at radius 2 is 2.22 bits per heavy atom. The van der Waals surface area contributed by atoms with Gasteiger partial charge in [-0.2, -0.15) is 0 Å². The fourth-order valence-electron chi connectivity index (χ4n) is 3.76. The Balaban J connectivity index is 1.50. The predicted octanol–water partition coefficient (Wildman–Crippen LogP) is 4.26. The van der Waals surface area contributed by atoms with E-state index in [0.717, 1.165) is 50.0 Å². The molecule has 0 bridgehead atoms. The van der Waals surface area contributed by atoms with E-state index in [4.69, 9.17) is 9.15 Å². The van der Waals surface area contributed by atoms with Gasteiger partial charge in [-0.15, -0.1) is 0 Å². The molecule has 1 saturated heterocycles. The first-order chi connectivity index (χ1) is 11.3. The van der Waals surface area contributed by atoms with E-state index >= 15 is 0 Å². The van der Waals surface area contributed by atoms with E-state index in [1.807, 2.05) is 0 Å². The first-order valence-corrected chi connectivity index (χ1v) is 8.83. The summed E-state index contributed by atoms with van der Waals surface area (Å²) in [6.45, 7) is 6.24. The Morgan fingerprint density at radius 3 is 3.00 bits per heavy atom. The van der Waals surface area contributed by atoms with Gasteiger partial charge in [0.1, 0.15) is 11.3 Å². The lowest BCUT2D eigenvalue weighted by atomic mass is 10.0. The Labute approximate surface area is 137 Å². The molecular formula is C20H25NO2. The van der Waals surface area contributed by atoms with Gasteiger partial charge in [0.2, 0.25) is 0 Å². The minimum Gasteiger partial charge on any atom is -0.461 e. The second-order valence-corrected chi connectivity index (χ2v) is 6.81. The summed E-state index contributed by atoms with van der Waals surface area (Å²) >= 11 is 0. The third-order valence-corrected chi connectivity index (χ3v) is 5.18. The molecular weight excluding hydrogens is 286 g/mol. The molecule has 1 atom stereocenters. The lowest BCUT2D eigenvalue weighted by molar-refractivity contribution is 0.164. The van der Waals surface area contributed by atoms with Gasteiger partial charge >= 0.3 is 0 Å². The minimum absolute atomic E-state index is 0.725. The molecule has 23 heavy (non-hydrogen) atoms. The second kappa shape index (κ2) is 6.50. The maximum absolute atomic E-state index is 6.03. The highest BCUT2D eigenvalue weighted by Gasteiger charge is 2.20. The van der Waals surface area contributed by atoms with Crippen molar-refractivity contribution in [2.45, 2.75) is 38.6 Å². The van der Waals surface area contributed by atoms with Gasteiger partial charge in [-0.3, -0.25) is 0 Å². The summed E-state index contributed by atoms with van der Waals surface area (Å²) in [6.07, 6.45) is 6.97. The zero-order chi connectivity index (χ0) is 15.6. The van der Waals surface area contributed by atoms with Crippen LogP contribution in [0.5, 0.6) is 0 Å². The standard InChI is InChI=1S/C20H25NO2/c1-15-4-2-9-21(15)10-8-19-13-18-12-16(6-7-20(18)23-19)17-5-3-11-22-14-17/h5-7,12-13,15H,2-4,8-11,14H2,1H3/t15-/m1/s1. The fourth-order valence-corrected chi connectivity index (χ4v) is 3.76. The van der Waals surface area contributed by atoms with Crippen molar-refractivity contribution in [1.29, 1.82) is 0 Å². The first kappa shape index (κ1) is 15.0. The zero-order valence-electron chi connectivity index (χ0n) is 13.9. The number of likely N-dealkylation sites (tertiary alicyclic amines) is 1. The van der Waals surface area contributed by atoms with Crippen LogP contribution in [0.25, 0.3) is 16.5 Å². The number of fused-ring (bicyclic) bond motifs is 1. The molecule has 2 aromatic rings. The molecule has 0 N–H and O–H groups in total. The molecule has 3 heteroatoms.